The molecule has 1 amide bonds. The predicted molar refractivity (Wildman–Crippen MR) is 122 cm³/mol. The molecule has 0 aliphatic carbocycles. The van der Waals surface area contributed by atoms with Crippen LogP contribution in [0.4, 0.5) is 0 Å². The molecule has 0 aromatic heterocycles. The molecule has 168 valence electrons. The second kappa shape index (κ2) is 10.7. The highest BCUT2D eigenvalue weighted by Gasteiger charge is 2.32. The zero-order valence-corrected chi connectivity index (χ0v) is 19.6. The number of carbonyl (C=O) groups is 1. The molecule has 1 aliphatic heterocycles. The number of methoxy groups -OCH3 is 4. The van der Waals surface area contributed by atoms with Gasteiger partial charge in [-0.15, -0.1) is 0 Å². The molecule has 31 heavy (non-hydrogen) atoms. The van der Waals surface area contributed by atoms with E-state index in [4.69, 9.17) is 18.9 Å². The Labute approximate surface area is 184 Å². The fourth-order valence-electron chi connectivity index (χ4n) is 3.59. The maximum atomic E-state index is 12.3. The lowest BCUT2D eigenvalue weighted by Crippen LogP contribution is -2.24. The maximum absolute atomic E-state index is 12.3. The van der Waals surface area contributed by atoms with Crippen LogP contribution in [0.5, 0.6) is 23.0 Å². The summed E-state index contributed by atoms with van der Waals surface area (Å²) in [6.07, 6.45) is 0.573. The highest BCUT2D eigenvalue weighted by atomic mass is 16.5. The number of carbonyl (C=O) groups excluding carboxylic acids is 1. The minimum atomic E-state index is -0.189. The Kier molecular flexibility index (Phi) is 8.30. The van der Waals surface area contributed by atoms with Gasteiger partial charge in [-0.1, -0.05) is 26.0 Å². The van der Waals surface area contributed by atoms with Gasteiger partial charge in [0.25, 0.3) is 0 Å². The van der Waals surface area contributed by atoms with E-state index in [-0.39, 0.29) is 11.9 Å². The predicted octanol–water partition coefficient (Wildman–Crippen LogP) is 4.75. The van der Waals surface area contributed by atoms with Crippen molar-refractivity contribution in [3.8, 4) is 23.0 Å². The highest BCUT2D eigenvalue weighted by molar-refractivity contribution is 6.04. The van der Waals surface area contributed by atoms with Gasteiger partial charge in [-0.25, -0.2) is 5.01 Å². The normalized spacial score (nSPS) is 14.9. The van der Waals surface area contributed by atoms with Gasteiger partial charge in [0.15, 0.2) is 11.5 Å². The van der Waals surface area contributed by atoms with E-state index in [0.717, 1.165) is 28.2 Å². The fourth-order valence-corrected chi connectivity index (χ4v) is 3.59. The molecule has 0 saturated carbocycles. The van der Waals surface area contributed by atoms with Gasteiger partial charge in [0.05, 0.1) is 40.2 Å². The quantitative estimate of drug-likeness (QED) is 0.664. The first-order valence-electron chi connectivity index (χ1n) is 10.3. The molecule has 0 radical (unpaired) electrons. The Bertz CT molecular complexity index is 930. The van der Waals surface area contributed by atoms with Crippen molar-refractivity contribution in [2.45, 2.75) is 40.2 Å². The molecule has 1 aliphatic rings. The topological polar surface area (TPSA) is 69.6 Å². The van der Waals surface area contributed by atoms with E-state index >= 15 is 0 Å². The van der Waals surface area contributed by atoms with Gasteiger partial charge in [-0.2, -0.15) is 5.10 Å². The van der Waals surface area contributed by atoms with Crippen molar-refractivity contribution in [2.75, 3.05) is 28.4 Å². The van der Waals surface area contributed by atoms with Crippen LogP contribution in [-0.4, -0.2) is 45.1 Å². The van der Waals surface area contributed by atoms with Crippen molar-refractivity contribution in [1.29, 1.82) is 0 Å². The molecular weight excluding hydrogens is 396 g/mol. The Balaban J connectivity index is 0.00000166. The first-order chi connectivity index (χ1) is 14.9. The third kappa shape index (κ3) is 4.93. The molecule has 0 spiro atoms. The van der Waals surface area contributed by atoms with Gasteiger partial charge in [-0.3, -0.25) is 4.79 Å². The van der Waals surface area contributed by atoms with Crippen LogP contribution in [0, 0.1) is 6.92 Å². The Morgan fingerprint density at radius 1 is 0.935 bits per heavy atom. The Morgan fingerprint density at radius 2 is 1.52 bits per heavy atom. The molecule has 0 saturated heterocycles. The van der Waals surface area contributed by atoms with Crippen molar-refractivity contribution < 1.29 is 23.7 Å². The summed E-state index contributed by atoms with van der Waals surface area (Å²) in [7, 11) is 6.35. The maximum Gasteiger partial charge on any atom is 0.240 e. The fraction of sp³-hybridized carbons (Fsp3) is 0.417. The number of aryl methyl sites for hydroxylation is 1. The lowest BCUT2D eigenvalue weighted by Gasteiger charge is -2.21. The van der Waals surface area contributed by atoms with Gasteiger partial charge in [0.1, 0.15) is 5.75 Å². The number of benzene rings is 2. The molecule has 0 bridgehead atoms. The zero-order valence-electron chi connectivity index (χ0n) is 19.6. The van der Waals surface area contributed by atoms with E-state index in [1.165, 1.54) is 11.9 Å². The summed E-state index contributed by atoms with van der Waals surface area (Å²) in [6, 6.07) is 9.43. The van der Waals surface area contributed by atoms with Crippen molar-refractivity contribution in [3.63, 3.8) is 0 Å². The van der Waals surface area contributed by atoms with E-state index in [9.17, 15) is 4.79 Å². The summed E-state index contributed by atoms with van der Waals surface area (Å²) in [5.41, 5.74) is 3.61. The van der Waals surface area contributed by atoms with Gasteiger partial charge in [-0.05, 0) is 36.2 Å². The number of hydrogen-bond donors (Lipinski definition) is 0. The first-order valence-corrected chi connectivity index (χ1v) is 10.3. The molecular formula is C24H32N2O5. The molecule has 7 heteroatoms. The molecule has 0 fully saturated rings. The second-order valence-electron chi connectivity index (χ2n) is 6.77. The third-order valence-electron chi connectivity index (χ3n) is 5.03. The van der Waals surface area contributed by atoms with Crippen LogP contribution in [0.25, 0.3) is 0 Å². The summed E-state index contributed by atoms with van der Waals surface area (Å²) in [6.45, 7) is 7.50. The standard InChI is InChI=1S/C22H26N2O5.C2H6/c1-13-9-15(7-8-19(13)26-3)18-12-17(23-24(18)14(2)25)16-10-20(27-4)22(29-6)21(11-16)28-5;1-2/h7-11,18H,12H2,1-6H3;1-2H3. The lowest BCUT2D eigenvalue weighted by molar-refractivity contribution is -0.130. The van der Waals surface area contributed by atoms with Crippen molar-refractivity contribution in [3.05, 3.63) is 47.0 Å². The average Bonchev–Trinajstić information content (AvgIpc) is 3.25. The number of ether oxygens (including phenoxy) is 4. The van der Waals surface area contributed by atoms with Crippen LogP contribution in [0.15, 0.2) is 35.4 Å². The summed E-state index contributed by atoms with van der Waals surface area (Å²) >= 11 is 0. The number of amides is 1. The molecule has 7 nitrogen and oxygen atoms in total. The van der Waals surface area contributed by atoms with E-state index in [0.29, 0.717) is 23.7 Å². The van der Waals surface area contributed by atoms with Gasteiger partial charge in [0, 0.05) is 18.9 Å². The van der Waals surface area contributed by atoms with E-state index < -0.39 is 0 Å². The van der Waals surface area contributed by atoms with E-state index in [1.54, 1.807) is 28.4 Å². The van der Waals surface area contributed by atoms with Crippen LogP contribution in [0.1, 0.15) is 49.9 Å². The van der Waals surface area contributed by atoms with Crippen molar-refractivity contribution in [2.24, 2.45) is 5.10 Å². The Hall–Kier alpha value is -3.22. The number of rotatable bonds is 6. The average molecular weight is 429 g/mol. The summed E-state index contributed by atoms with van der Waals surface area (Å²) in [5.74, 6) is 2.30. The van der Waals surface area contributed by atoms with E-state index in [1.807, 2.05) is 51.1 Å². The zero-order chi connectivity index (χ0) is 23.1. The molecule has 2 aromatic rings. The smallest absolute Gasteiger partial charge is 0.240 e. The largest absolute Gasteiger partial charge is 0.496 e. The highest BCUT2D eigenvalue weighted by Crippen LogP contribution is 2.41. The molecule has 1 heterocycles. The van der Waals surface area contributed by atoms with Crippen LogP contribution < -0.4 is 18.9 Å². The molecule has 1 atom stereocenters. The monoisotopic (exact) mass is 428 g/mol. The minimum Gasteiger partial charge on any atom is -0.496 e. The second-order valence-corrected chi connectivity index (χ2v) is 6.77. The Morgan fingerprint density at radius 3 is 1.97 bits per heavy atom. The minimum absolute atomic E-state index is 0.120. The van der Waals surface area contributed by atoms with Crippen LogP contribution >= 0.6 is 0 Å². The molecule has 0 N–H and O–H groups in total. The van der Waals surface area contributed by atoms with Crippen molar-refractivity contribution >= 4 is 11.6 Å². The molecule has 3 rings (SSSR count). The SMILES string of the molecule is CC.COc1ccc(C2CC(c3cc(OC)c(OC)c(OC)c3)=NN2C(C)=O)cc1C. The van der Waals surface area contributed by atoms with Gasteiger partial charge >= 0.3 is 0 Å². The van der Waals surface area contributed by atoms with Crippen LogP contribution in [0.3, 0.4) is 0 Å². The van der Waals surface area contributed by atoms with E-state index in [2.05, 4.69) is 5.10 Å². The molecule has 1 unspecified atom stereocenters. The summed E-state index contributed by atoms with van der Waals surface area (Å²) in [5, 5.41) is 6.14. The summed E-state index contributed by atoms with van der Waals surface area (Å²) in [4.78, 5) is 12.3. The number of nitrogens with zero attached hydrogens (tertiary/aromatic N) is 2. The number of hydrazone groups is 1. The van der Waals surface area contributed by atoms with Crippen molar-refractivity contribution in [1.82, 2.24) is 5.01 Å². The van der Waals surface area contributed by atoms with Crippen LogP contribution in [-0.2, 0) is 4.79 Å². The van der Waals surface area contributed by atoms with Gasteiger partial charge in [0.2, 0.25) is 11.7 Å². The first kappa shape index (κ1) is 24.1. The molecule has 2 aromatic carbocycles. The third-order valence-corrected chi connectivity index (χ3v) is 5.03. The van der Waals surface area contributed by atoms with Crippen LogP contribution in [0.2, 0.25) is 0 Å². The summed E-state index contributed by atoms with van der Waals surface area (Å²) < 4.78 is 21.6. The number of hydrogen-bond acceptors (Lipinski definition) is 6. The van der Waals surface area contributed by atoms with Gasteiger partial charge < -0.3 is 18.9 Å². The lowest BCUT2D eigenvalue weighted by atomic mass is 9.96.